The van der Waals surface area contributed by atoms with Crippen molar-refractivity contribution < 1.29 is 28.5 Å². The van der Waals surface area contributed by atoms with Crippen LogP contribution in [0.15, 0.2) is 11.3 Å². The monoisotopic (exact) mass is 558 g/mol. The van der Waals surface area contributed by atoms with Gasteiger partial charge < -0.3 is 18.9 Å². The summed E-state index contributed by atoms with van der Waals surface area (Å²) < 4.78 is 25.0. The molecule has 2 aliphatic heterocycles. The van der Waals surface area contributed by atoms with Gasteiger partial charge in [-0.15, -0.1) is 11.6 Å². The van der Waals surface area contributed by atoms with Crippen molar-refractivity contribution in [1.82, 2.24) is 0 Å². The molecule has 190 valence electrons. The third-order valence-corrected chi connectivity index (χ3v) is 10.2. The lowest BCUT2D eigenvalue weighted by molar-refractivity contribution is -0.154. The molecule has 0 bridgehead atoms. The minimum absolute atomic E-state index is 0.0460. The molecule has 3 fully saturated rings. The van der Waals surface area contributed by atoms with Crippen LogP contribution in [0.2, 0.25) is 0 Å². The minimum atomic E-state index is -1.28. The molecule has 0 aromatic rings. The lowest BCUT2D eigenvalue weighted by Gasteiger charge is -2.42. The number of carbonyl (C=O) groups is 2. The van der Waals surface area contributed by atoms with Crippen LogP contribution in [0.3, 0.4) is 0 Å². The van der Waals surface area contributed by atoms with Gasteiger partial charge in [-0.2, -0.15) is 0 Å². The van der Waals surface area contributed by atoms with Gasteiger partial charge in [0.1, 0.15) is 11.4 Å². The fourth-order valence-corrected chi connectivity index (χ4v) is 8.52. The van der Waals surface area contributed by atoms with Crippen molar-refractivity contribution in [1.29, 1.82) is 0 Å². The first-order valence-corrected chi connectivity index (χ1v) is 14.3. The van der Waals surface area contributed by atoms with Gasteiger partial charge in [0.05, 0.1) is 29.6 Å². The summed E-state index contributed by atoms with van der Waals surface area (Å²) in [6.45, 7) is 1.93. The number of halogens is 2. The van der Waals surface area contributed by atoms with Crippen LogP contribution in [-0.2, 0) is 28.5 Å². The Bertz CT molecular complexity index is 871. The largest absolute Gasteiger partial charge is 0.487 e. The summed E-state index contributed by atoms with van der Waals surface area (Å²) in [7, 11) is 3.25. The summed E-state index contributed by atoms with van der Waals surface area (Å²) in [5.41, 5.74) is -1.08. The Hall–Kier alpha value is -0.470. The Morgan fingerprint density at radius 2 is 1.82 bits per heavy atom. The van der Waals surface area contributed by atoms with E-state index in [1.54, 1.807) is 14.2 Å². The van der Waals surface area contributed by atoms with Crippen LogP contribution in [0, 0.1) is 17.8 Å². The highest BCUT2D eigenvalue weighted by molar-refractivity contribution is 9.09. The van der Waals surface area contributed by atoms with Crippen LogP contribution >= 0.6 is 27.5 Å². The fraction of sp³-hybridized carbons (Fsp3) is 0.846. The van der Waals surface area contributed by atoms with Crippen molar-refractivity contribution in [3.63, 3.8) is 0 Å². The highest BCUT2D eigenvalue weighted by atomic mass is 79.9. The number of fused-ring (bicyclic) bond motifs is 2. The topological polar surface area (TPSA) is 71.1 Å². The first-order chi connectivity index (χ1) is 16.3. The van der Waals surface area contributed by atoms with E-state index in [9.17, 15) is 9.59 Å². The molecule has 2 heterocycles. The van der Waals surface area contributed by atoms with Gasteiger partial charge in [0.2, 0.25) is 0 Å². The van der Waals surface area contributed by atoms with Gasteiger partial charge in [0.25, 0.3) is 0 Å². The summed E-state index contributed by atoms with van der Waals surface area (Å²) in [5.74, 6) is 0.0594. The van der Waals surface area contributed by atoms with Crippen LogP contribution in [0.5, 0.6) is 0 Å². The molecule has 0 aromatic carbocycles. The third-order valence-electron chi connectivity index (χ3n) is 9.27. The molecule has 5 aliphatic rings. The molecule has 0 amide bonds. The third kappa shape index (κ3) is 3.59. The zero-order valence-electron chi connectivity index (χ0n) is 20.3. The van der Waals surface area contributed by atoms with Crippen LogP contribution in [0.4, 0.5) is 0 Å². The Balaban J connectivity index is 1.56. The maximum atomic E-state index is 14.3. The molecule has 8 heteroatoms. The molecule has 0 aromatic heterocycles. The lowest BCUT2D eigenvalue weighted by atomic mass is 9.68. The molecule has 6 nitrogen and oxygen atoms in total. The predicted octanol–water partition coefficient (Wildman–Crippen LogP) is 4.74. The number of hydrogen-bond acceptors (Lipinski definition) is 6. The first kappa shape index (κ1) is 25.2. The van der Waals surface area contributed by atoms with Crippen molar-refractivity contribution in [3.05, 3.63) is 11.3 Å². The molecule has 8 atom stereocenters. The van der Waals surface area contributed by atoms with Crippen molar-refractivity contribution in [3.8, 4) is 0 Å². The minimum Gasteiger partial charge on any atom is -0.487 e. The quantitative estimate of drug-likeness (QED) is 0.453. The Labute approximate surface area is 215 Å². The average Bonchev–Trinajstić information content (AvgIpc) is 3.38. The highest BCUT2D eigenvalue weighted by Gasteiger charge is 2.70. The van der Waals surface area contributed by atoms with Gasteiger partial charge in [0.15, 0.2) is 17.2 Å². The van der Waals surface area contributed by atoms with Crippen molar-refractivity contribution in [2.75, 3.05) is 19.5 Å². The second-order valence-corrected chi connectivity index (χ2v) is 12.2. The zero-order valence-corrected chi connectivity index (χ0v) is 22.7. The highest BCUT2D eigenvalue weighted by Crippen LogP contribution is 2.59. The molecule has 2 saturated carbocycles. The summed E-state index contributed by atoms with van der Waals surface area (Å²) in [6, 6.07) is 0. The number of alkyl halides is 2. The molecule has 5 unspecified atom stereocenters. The first-order valence-electron chi connectivity index (χ1n) is 12.8. The summed E-state index contributed by atoms with van der Waals surface area (Å²) in [6.07, 6.45) is 6.79. The molecule has 0 N–H and O–H groups in total. The van der Waals surface area contributed by atoms with E-state index in [0.29, 0.717) is 30.1 Å². The Morgan fingerprint density at radius 1 is 1.12 bits per heavy atom. The van der Waals surface area contributed by atoms with E-state index in [-0.39, 0.29) is 36.1 Å². The molecule has 34 heavy (non-hydrogen) atoms. The number of ketones is 2. The maximum Gasteiger partial charge on any atom is 0.187 e. The van der Waals surface area contributed by atoms with Crippen molar-refractivity contribution >= 4 is 39.1 Å². The van der Waals surface area contributed by atoms with Crippen LogP contribution in [0.1, 0.15) is 64.7 Å². The standard InChI is InChI=1S/C26H36BrClO6/c1-14-11-17(29)16-13-25(9-10-27,15-7-5-4-6-8-15)34-24(16)26(14)23(30)20-18(31-2)12-19(32-3)21(28)22(20)33-26/h14-15,18-22H,4-13H2,1-3H3/t14-,18?,19?,20?,21?,22?,25-,26-/m1/s1. The maximum absolute atomic E-state index is 14.3. The second-order valence-electron chi connectivity index (χ2n) is 10.9. The van der Waals surface area contributed by atoms with Gasteiger partial charge in [-0.1, -0.05) is 42.1 Å². The van der Waals surface area contributed by atoms with E-state index in [0.717, 1.165) is 24.6 Å². The number of methoxy groups -OCH3 is 2. The van der Waals surface area contributed by atoms with E-state index in [2.05, 4.69) is 15.9 Å². The van der Waals surface area contributed by atoms with Gasteiger partial charge >= 0.3 is 0 Å². The number of rotatable bonds is 5. The lowest BCUT2D eigenvalue weighted by Crippen LogP contribution is -2.52. The smallest absolute Gasteiger partial charge is 0.187 e. The Morgan fingerprint density at radius 3 is 2.47 bits per heavy atom. The van der Waals surface area contributed by atoms with Crippen LogP contribution < -0.4 is 0 Å². The van der Waals surface area contributed by atoms with E-state index in [1.165, 1.54) is 19.3 Å². The van der Waals surface area contributed by atoms with E-state index in [1.807, 2.05) is 6.92 Å². The predicted molar refractivity (Wildman–Crippen MR) is 131 cm³/mol. The molecule has 3 aliphatic carbocycles. The van der Waals surface area contributed by atoms with E-state index < -0.39 is 28.6 Å². The molecular formula is C26H36BrClO6. The fourth-order valence-electron chi connectivity index (χ4n) is 7.43. The molecule has 5 rings (SSSR count). The second kappa shape index (κ2) is 9.44. The van der Waals surface area contributed by atoms with Crippen molar-refractivity contribution in [2.45, 2.75) is 99.6 Å². The number of Topliss-reactive ketones (excluding diaryl/α,β-unsaturated/α-hetero) is 2. The molecular weight excluding hydrogens is 524 g/mol. The van der Waals surface area contributed by atoms with Gasteiger partial charge in [0, 0.05) is 50.3 Å². The number of carbonyl (C=O) groups excluding carboxylic acids is 2. The summed E-state index contributed by atoms with van der Waals surface area (Å²) >= 11 is 10.5. The molecule has 1 saturated heterocycles. The van der Waals surface area contributed by atoms with Crippen LogP contribution in [0.25, 0.3) is 0 Å². The SMILES string of the molecule is COC1CC(OC)C2C(=O)[C@@]3(OC2C1Cl)C1=C(C[C@](CCBr)(C2CCCCC2)O1)C(=O)C[C@H]3C. The van der Waals surface area contributed by atoms with Gasteiger partial charge in [-0.25, -0.2) is 0 Å². The van der Waals surface area contributed by atoms with Crippen LogP contribution in [-0.4, -0.2) is 66.0 Å². The van der Waals surface area contributed by atoms with Gasteiger partial charge in [-0.05, 0) is 25.2 Å². The summed E-state index contributed by atoms with van der Waals surface area (Å²) in [5, 5.41) is 0.303. The van der Waals surface area contributed by atoms with E-state index >= 15 is 0 Å². The molecule has 1 spiro atoms. The van der Waals surface area contributed by atoms with E-state index in [4.69, 9.17) is 30.5 Å². The average molecular weight is 560 g/mol. The van der Waals surface area contributed by atoms with Crippen molar-refractivity contribution in [2.24, 2.45) is 17.8 Å². The number of ether oxygens (including phenoxy) is 4. The Kier molecular flexibility index (Phi) is 6.99. The molecule has 0 radical (unpaired) electrons. The van der Waals surface area contributed by atoms with Gasteiger partial charge in [-0.3, -0.25) is 9.59 Å². The zero-order chi connectivity index (χ0) is 24.3. The number of hydrogen-bond donors (Lipinski definition) is 0. The normalized spacial score (nSPS) is 45.0. The summed E-state index contributed by atoms with van der Waals surface area (Å²) in [4.78, 5) is 27.6.